The van der Waals surface area contributed by atoms with Crippen molar-refractivity contribution in [3.05, 3.63) is 82.9 Å². The van der Waals surface area contributed by atoms with E-state index >= 15 is 0 Å². The molecule has 1 amide bonds. The predicted octanol–water partition coefficient (Wildman–Crippen LogP) is 4.98. The van der Waals surface area contributed by atoms with Crippen LogP contribution in [-0.4, -0.2) is 79.5 Å². The maximum atomic E-state index is 12.5. The van der Waals surface area contributed by atoms with Crippen molar-refractivity contribution in [3.63, 3.8) is 0 Å². The molecule has 2 aliphatic rings. The van der Waals surface area contributed by atoms with Gasteiger partial charge in [0.15, 0.2) is 0 Å². The van der Waals surface area contributed by atoms with Gasteiger partial charge in [0.1, 0.15) is 18.5 Å². The molecule has 200 valence electrons. The minimum absolute atomic E-state index is 0.0636. The highest BCUT2D eigenvalue weighted by Gasteiger charge is 2.23. The molecule has 1 atom stereocenters. The van der Waals surface area contributed by atoms with E-state index in [0.717, 1.165) is 25.9 Å². The number of nitrogens with zero attached hydrogens (tertiary/aromatic N) is 2. The first-order valence-corrected chi connectivity index (χ1v) is 13.8. The van der Waals surface area contributed by atoms with Crippen molar-refractivity contribution in [1.29, 1.82) is 0 Å². The summed E-state index contributed by atoms with van der Waals surface area (Å²) in [5, 5.41) is 13.8. The number of β-amino-alcohol motifs (C(OH)–C–C–N with tert-alkyl or cyclic N) is 1. The number of aliphatic hydroxyl groups is 1. The van der Waals surface area contributed by atoms with Crippen LogP contribution in [0.5, 0.6) is 5.75 Å². The highest BCUT2D eigenvalue weighted by Crippen LogP contribution is 2.30. The van der Waals surface area contributed by atoms with Gasteiger partial charge in [-0.2, -0.15) is 0 Å². The lowest BCUT2D eigenvalue weighted by atomic mass is 9.88. The molecule has 0 aromatic heterocycles. The van der Waals surface area contributed by atoms with Crippen LogP contribution < -0.4 is 4.74 Å². The summed E-state index contributed by atoms with van der Waals surface area (Å²) in [4.78, 5) is 16.6. The molecule has 1 unspecified atom stereocenters. The summed E-state index contributed by atoms with van der Waals surface area (Å²) in [6.45, 7) is 4.94. The van der Waals surface area contributed by atoms with Crippen LogP contribution in [0.15, 0.2) is 66.7 Å². The smallest absolute Gasteiger partial charge is 0.246 e. The Hall–Kier alpha value is -2.90. The van der Waals surface area contributed by atoms with Crippen molar-refractivity contribution in [2.45, 2.75) is 24.9 Å². The van der Waals surface area contributed by atoms with Crippen LogP contribution in [0.3, 0.4) is 0 Å². The quantitative estimate of drug-likeness (QED) is 0.413. The maximum absolute atomic E-state index is 12.5. The van der Waals surface area contributed by atoms with Gasteiger partial charge in [0, 0.05) is 36.3 Å². The van der Waals surface area contributed by atoms with Gasteiger partial charge in [-0.25, -0.2) is 0 Å². The fraction of sp³-hybridized carbons (Fsp3) is 0.387. The number of ether oxygens (including phenoxy) is 2. The average molecular weight is 535 g/mol. The molecule has 0 radical (unpaired) electrons. The SMILES string of the molecule is O=C(C=Cc1cc(Cl)ccc1OCC(O)CN1CCC(c2ccc3ccccc3c2)CC1)N1CCOCC1. The topological polar surface area (TPSA) is 62.2 Å². The molecule has 3 aromatic carbocycles. The van der Waals surface area contributed by atoms with Gasteiger partial charge >= 0.3 is 0 Å². The van der Waals surface area contributed by atoms with E-state index < -0.39 is 6.10 Å². The van der Waals surface area contributed by atoms with Crippen molar-refractivity contribution in [2.75, 3.05) is 52.5 Å². The monoisotopic (exact) mass is 534 g/mol. The Morgan fingerprint density at radius 1 is 1.03 bits per heavy atom. The van der Waals surface area contributed by atoms with Crippen LogP contribution in [0.4, 0.5) is 0 Å². The zero-order valence-electron chi connectivity index (χ0n) is 21.6. The molecule has 0 bridgehead atoms. The molecule has 0 saturated carbocycles. The number of carbonyl (C=O) groups excluding carboxylic acids is 1. The zero-order chi connectivity index (χ0) is 26.3. The lowest BCUT2D eigenvalue weighted by Gasteiger charge is -2.33. The minimum Gasteiger partial charge on any atom is -0.490 e. The second-order valence-electron chi connectivity index (χ2n) is 10.1. The molecule has 2 heterocycles. The van der Waals surface area contributed by atoms with Crippen molar-refractivity contribution >= 4 is 34.4 Å². The van der Waals surface area contributed by atoms with Crippen LogP contribution in [0.25, 0.3) is 16.8 Å². The van der Waals surface area contributed by atoms with E-state index in [4.69, 9.17) is 21.1 Å². The molecule has 38 heavy (non-hydrogen) atoms. The average Bonchev–Trinajstić information content (AvgIpc) is 2.96. The Labute approximate surface area is 229 Å². The van der Waals surface area contributed by atoms with Crippen LogP contribution >= 0.6 is 11.6 Å². The van der Waals surface area contributed by atoms with E-state index in [2.05, 4.69) is 47.4 Å². The highest BCUT2D eigenvalue weighted by atomic mass is 35.5. The van der Waals surface area contributed by atoms with E-state index in [1.54, 1.807) is 35.3 Å². The molecular weight excluding hydrogens is 500 g/mol. The van der Waals surface area contributed by atoms with Gasteiger partial charge in [0.05, 0.1) is 13.2 Å². The molecule has 3 aromatic rings. The summed E-state index contributed by atoms with van der Waals surface area (Å²) < 4.78 is 11.3. The zero-order valence-corrected chi connectivity index (χ0v) is 22.4. The molecule has 0 spiro atoms. The molecule has 5 rings (SSSR count). The fourth-order valence-electron chi connectivity index (χ4n) is 5.28. The summed E-state index contributed by atoms with van der Waals surface area (Å²) in [6, 6.07) is 20.6. The van der Waals surface area contributed by atoms with Gasteiger partial charge in [-0.15, -0.1) is 0 Å². The number of piperidine rings is 1. The number of carbonyl (C=O) groups is 1. The first-order valence-electron chi connectivity index (χ1n) is 13.4. The Bertz CT molecular complexity index is 1270. The van der Waals surface area contributed by atoms with Crippen LogP contribution in [0, 0.1) is 0 Å². The third-order valence-electron chi connectivity index (χ3n) is 7.43. The number of likely N-dealkylation sites (tertiary alicyclic amines) is 1. The van der Waals surface area contributed by atoms with Crippen LogP contribution in [0.1, 0.15) is 29.9 Å². The van der Waals surface area contributed by atoms with Gasteiger partial charge < -0.3 is 24.4 Å². The van der Waals surface area contributed by atoms with Gasteiger partial charge in [-0.05, 0) is 72.5 Å². The summed E-state index contributed by atoms with van der Waals surface area (Å²) in [6.07, 6.45) is 4.81. The standard InChI is InChI=1S/C31H35ClN2O4/c32-28-8-9-30(27(20-28)7-10-31(36)34-15-17-37-18-16-34)38-22-29(35)21-33-13-11-24(12-14-33)26-6-5-23-3-1-2-4-25(23)19-26/h1-10,19-20,24,29,35H,11-18,21-22H2. The van der Waals surface area contributed by atoms with Crippen LogP contribution in [-0.2, 0) is 9.53 Å². The Morgan fingerprint density at radius 3 is 2.58 bits per heavy atom. The molecular formula is C31H35ClN2O4. The Balaban J connectivity index is 1.11. The number of amides is 1. The number of halogens is 1. The van der Waals surface area contributed by atoms with Gasteiger partial charge in [-0.3, -0.25) is 4.79 Å². The normalized spacial score (nSPS) is 18.2. The van der Waals surface area contributed by atoms with E-state index in [-0.39, 0.29) is 12.5 Å². The van der Waals surface area contributed by atoms with Crippen molar-refractivity contribution in [1.82, 2.24) is 9.80 Å². The summed E-state index contributed by atoms with van der Waals surface area (Å²) in [7, 11) is 0. The molecule has 6 nitrogen and oxygen atoms in total. The number of benzene rings is 3. The van der Waals surface area contributed by atoms with Gasteiger partial charge in [0.2, 0.25) is 5.91 Å². The third kappa shape index (κ3) is 6.94. The molecule has 2 saturated heterocycles. The molecule has 2 fully saturated rings. The van der Waals surface area contributed by atoms with Crippen molar-refractivity contribution < 1.29 is 19.4 Å². The van der Waals surface area contributed by atoms with Gasteiger partial charge in [0.25, 0.3) is 0 Å². The molecule has 7 heteroatoms. The number of fused-ring (bicyclic) bond motifs is 1. The number of aliphatic hydroxyl groups excluding tert-OH is 1. The predicted molar refractivity (Wildman–Crippen MR) is 152 cm³/mol. The lowest BCUT2D eigenvalue weighted by Crippen LogP contribution is -2.40. The van der Waals surface area contributed by atoms with E-state index in [9.17, 15) is 9.90 Å². The summed E-state index contributed by atoms with van der Waals surface area (Å²) in [5.74, 6) is 1.08. The summed E-state index contributed by atoms with van der Waals surface area (Å²) >= 11 is 6.20. The number of rotatable bonds is 8. The van der Waals surface area contributed by atoms with Crippen LogP contribution in [0.2, 0.25) is 5.02 Å². The fourth-order valence-corrected chi connectivity index (χ4v) is 5.46. The third-order valence-corrected chi connectivity index (χ3v) is 7.67. The van der Waals surface area contributed by atoms with Gasteiger partial charge in [-0.1, -0.05) is 54.1 Å². The van der Waals surface area contributed by atoms with E-state index in [1.165, 1.54) is 16.3 Å². The number of morpholine rings is 1. The largest absolute Gasteiger partial charge is 0.490 e. The second kappa shape index (κ2) is 12.8. The first kappa shape index (κ1) is 26.7. The van der Waals surface area contributed by atoms with Crippen molar-refractivity contribution in [2.24, 2.45) is 0 Å². The van der Waals surface area contributed by atoms with Crippen molar-refractivity contribution in [3.8, 4) is 5.75 Å². The molecule has 1 N–H and O–H groups in total. The second-order valence-corrected chi connectivity index (χ2v) is 10.5. The van der Waals surface area contributed by atoms with E-state index in [0.29, 0.717) is 55.1 Å². The van der Waals surface area contributed by atoms with E-state index in [1.807, 2.05) is 0 Å². The first-order chi connectivity index (χ1) is 18.5. The number of hydrogen-bond donors (Lipinski definition) is 1. The molecule has 0 aliphatic carbocycles. The Kier molecular flexibility index (Phi) is 8.97. The Morgan fingerprint density at radius 2 is 1.79 bits per heavy atom. The molecule has 2 aliphatic heterocycles. The minimum atomic E-state index is -0.616. The highest BCUT2D eigenvalue weighted by molar-refractivity contribution is 6.30. The number of hydrogen-bond acceptors (Lipinski definition) is 5. The maximum Gasteiger partial charge on any atom is 0.246 e. The lowest BCUT2D eigenvalue weighted by molar-refractivity contribution is -0.129. The summed E-state index contributed by atoms with van der Waals surface area (Å²) in [5.41, 5.74) is 2.12.